The molecular formula is C22H15ClN6O5S. The molecule has 1 amide bonds. The van der Waals surface area contributed by atoms with Gasteiger partial charge in [-0.15, -0.1) is 10.2 Å². The molecule has 3 aromatic carbocycles. The van der Waals surface area contributed by atoms with Crippen LogP contribution < -0.4 is 9.50 Å². The van der Waals surface area contributed by atoms with E-state index in [-0.39, 0.29) is 28.6 Å². The first-order valence-electron chi connectivity index (χ1n) is 10.1. The molecule has 0 unspecified atom stereocenters. The lowest BCUT2D eigenvalue weighted by atomic mass is 10.1. The average molecular weight is 511 g/mol. The lowest BCUT2D eigenvalue weighted by molar-refractivity contribution is 0.102. The number of fused-ring (bicyclic) bond motifs is 1. The van der Waals surface area contributed by atoms with Gasteiger partial charge in [0, 0.05) is 16.7 Å². The monoisotopic (exact) mass is 510 g/mol. The van der Waals surface area contributed by atoms with Crippen LogP contribution >= 0.6 is 11.6 Å². The zero-order valence-electron chi connectivity index (χ0n) is 17.7. The highest BCUT2D eigenvalue weighted by Gasteiger charge is 2.21. The third-order valence-corrected chi connectivity index (χ3v) is 6.25. The van der Waals surface area contributed by atoms with E-state index in [4.69, 9.17) is 20.3 Å². The number of anilines is 1. The topological polar surface area (TPSA) is 153 Å². The van der Waals surface area contributed by atoms with Gasteiger partial charge in [0.2, 0.25) is 5.82 Å². The number of amides is 1. The Morgan fingerprint density at radius 2 is 1.91 bits per heavy atom. The number of nitrogens with one attached hydrogen (secondary N) is 2. The Bertz CT molecular complexity index is 1620. The molecule has 0 spiro atoms. The van der Waals surface area contributed by atoms with E-state index in [1.165, 1.54) is 18.2 Å². The molecule has 0 radical (unpaired) electrons. The Labute approximate surface area is 203 Å². The third-order valence-electron chi connectivity index (χ3n) is 4.88. The SMILES string of the molecule is O=C(Nc1ccc(Cl)cc1-c1nn[nH]n1)c1noc2cc(OS(=O)(=O)Cc3ccccc3)ccc12. The minimum atomic E-state index is -3.91. The van der Waals surface area contributed by atoms with Gasteiger partial charge in [-0.05, 0) is 41.1 Å². The zero-order chi connectivity index (χ0) is 24.4. The number of aromatic amines is 1. The molecule has 0 bridgehead atoms. The maximum atomic E-state index is 13.0. The lowest BCUT2D eigenvalue weighted by Crippen LogP contribution is -2.13. The highest BCUT2D eigenvalue weighted by atomic mass is 35.5. The number of H-pyrrole nitrogens is 1. The van der Waals surface area contributed by atoms with Gasteiger partial charge in [0.25, 0.3) is 5.91 Å². The molecular weight excluding hydrogens is 496 g/mol. The average Bonchev–Trinajstić information content (AvgIpc) is 3.50. The number of hydrogen-bond donors (Lipinski definition) is 2. The highest BCUT2D eigenvalue weighted by molar-refractivity contribution is 7.86. The van der Waals surface area contributed by atoms with E-state index in [9.17, 15) is 13.2 Å². The van der Waals surface area contributed by atoms with E-state index < -0.39 is 16.0 Å². The van der Waals surface area contributed by atoms with Crippen LogP contribution in [0.2, 0.25) is 5.02 Å². The maximum absolute atomic E-state index is 13.0. The van der Waals surface area contributed by atoms with Crippen LogP contribution in [0.3, 0.4) is 0 Å². The minimum Gasteiger partial charge on any atom is -0.382 e. The summed E-state index contributed by atoms with van der Waals surface area (Å²) >= 11 is 6.07. The van der Waals surface area contributed by atoms with Crippen LogP contribution in [-0.4, -0.2) is 40.1 Å². The van der Waals surface area contributed by atoms with Gasteiger partial charge >= 0.3 is 10.1 Å². The molecule has 0 aliphatic rings. The van der Waals surface area contributed by atoms with Crippen molar-refractivity contribution in [3.05, 3.63) is 83.0 Å². The van der Waals surface area contributed by atoms with Gasteiger partial charge in [0.15, 0.2) is 11.3 Å². The van der Waals surface area contributed by atoms with Gasteiger partial charge in [0.05, 0.1) is 11.1 Å². The smallest absolute Gasteiger partial charge is 0.313 e. The summed E-state index contributed by atoms with van der Waals surface area (Å²) in [5.41, 5.74) is 1.59. The van der Waals surface area contributed by atoms with Gasteiger partial charge in [-0.1, -0.05) is 47.1 Å². The molecule has 0 atom stereocenters. The summed E-state index contributed by atoms with van der Waals surface area (Å²) in [7, 11) is -3.91. The normalized spacial score (nSPS) is 11.5. The molecule has 35 heavy (non-hydrogen) atoms. The molecule has 0 aliphatic carbocycles. The summed E-state index contributed by atoms with van der Waals surface area (Å²) in [6, 6.07) is 17.7. The van der Waals surface area contributed by atoms with Crippen LogP contribution in [0.4, 0.5) is 5.69 Å². The second kappa shape index (κ2) is 9.16. The predicted molar refractivity (Wildman–Crippen MR) is 126 cm³/mol. The van der Waals surface area contributed by atoms with Crippen molar-refractivity contribution in [1.29, 1.82) is 0 Å². The second-order valence-electron chi connectivity index (χ2n) is 7.34. The van der Waals surface area contributed by atoms with Crippen LogP contribution in [-0.2, 0) is 15.9 Å². The first-order chi connectivity index (χ1) is 16.9. The Kier molecular flexibility index (Phi) is 5.89. The van der Waals surface area contributed by atoms with Crippen molar-refractivity contribution in [2.45, 2.75) is 5.75 Å². The summed E-state index contributed by atoms with van der Waals surface area (Å²) in [5.74, 6) is -0.583. The molecule has 2 aromatic heterocycles. The van der Waals surface area contributed by atoms with Gasteiger partial charge < -0.3 is 14.0 Å². The predicted octanol–water partition coefficient (Wildman–Crippen LogP) is 3.82. The van der Waals surface area contributed by atoms with Crippen molar-refractivity contribution in [3.8, 4) is 17.1 Å². The summed E-state index contributed by atoms with van der Waals surface area (Å²) in [4.78, 5) is 13.0. The van der Waals surface area contributed by atoms with Crippen LogP contribution in [0.15, 0.2) is 71.3 Å². The number of halogens is 1. The molecule has 11 nitrogen and oxygen atoms in total. The molecule has 2 N–H and O–H groups in total. The minimum absolute atomic E-state index is 0.00675. The summed E-state index contributed by atoms with van der Waals surface area (Å²) in [6.07, 6.45) is 0. The number of rotatable bonds is 7. The maximum Gasteiger partial charge on any atom is 0.313 e. The fourth-order valence-corrected chi connectivity index (χ4v) is 4.58. The van der Waals surface area contributed by atoms with Gasteiger partial charge in [-0.2, -0.15) is 13.6 Å². The van der Waals surface area contributed by atoms with E-state index >= 15 is 0 Å². The summed E-state index contributed by atoms with van der Waals surface area (Å²) in [6.45, 7) is 0. The number of hydrogen-bond acceptors (Lipinski definition) is 9. The van der Waals surface area contributed by atoms with Crippen molar-refractivity contribution in [1.82, 2.24) is 25.8 Å². The number of tetrazole rings is 1. The number of aromatic nitrogens is 5. The third kappa shape index (κ3) is 4.98. The number of nitrogens with zero attached hydrogens (tertiary/aromatic N) is 4. The van der Waals surface area contributed by atoms with Crippen molar-refractivity contribution >= 4 is 44.3 Å². The van der Waals surface area contributed by atoms with E-state index in [1.54, 1.807) is 48.5 Å². The summed E-state index contributed by atoms with van der Waals surface area (Å²) in [5, 5.41) is 21.1. The van der Waals surface area contributed by atoms with E-state index in [1.807, 2.05) is 0 Å². The number of carbonyl (C=O) groups excluding carboxylic acids is 1. The van der Waals surface area contributed by atoms with E-state index in [0.29, 0.717) is 27.2 Å². The van der Waals surface area contributed by atoms with E-state index in [2.05, 4.69) is 31.1 Å². The fraction of sp³-hybridized carbons (Fsp3) is 0.0455. The number of benzene rings is 3. The van der Waals surface area contributed by atoms with E-state index in [0.717, 1.165) is 0 Å². The quantitative estimate of drug-likeness (QED) is 0.311. The van der Waals surface area contributed by atoms with Crippen LogP contribution in [0.1, 0.15) is 16.1 Å². The molecule has 0 aliphatic heterocycles. The second-order valence-corrected chi connectivity index (χ2v) is 9.35. The molecule has 176 valence electrons. The van der Waals surface area contributed by atoms with Crippen molar-refractivity contribution in [3.63, 3.8) is 0 Å². The van der Waals surface area contributed by atoms with Gasteiger partial charge in [-0.3, -0.25) is 4.79 Å². The van der Waals surface area contributed by atoms with Gasteiger partial charge in [-0.25, -0.2) is 0 Å². The molecule has 2 heterocycles. The molecule has 13 heteroatoms. The van der Waals surface area contributed by atoms with Crippen LogP contribution in [0.5, 0.6) is 5.75 Å². The molecule has 0 saturated heterocycles. The van der Waals surface area contributed by atoms with Crippen molar-refractivity contribution < 1.29 is 21.9 Å². The Balaban J connectivity index is 1.37. The Hall–Kier alpha value is -4.29. The largest absolute Gasteiger partial charge is 0.382 e. The van der Waals surface area contributed by atoms with Crippen molar-refractivity contribution in [2.75, 3.05) is 5.32 Å². The Morgan fingerprint density at radius 1 is 1.09 bits per heavy atom. The Morgan fingerprint density at radius 3 is 2.69 bits per heavy atom. The first kappa shape index (κ1) is 22.5. The zero-order valence-corrected chi connectivity index (χ0v) is 19.2. The summed E-state index contributed by atoms with van der Waals surface area (Å²) < 4.78 is 35.3. The van der Waals surface area contributed by atoms with Crippen LogP contribution in [0, 0.1) is 0 Å². The fourth-order valence-electron chi connectivity index (χ4n) is 3.36. The highest BCUT2D eigenvalue weighted by Crippen LogP contribution is 2.30. The van der Waals surface area contributed by atoms with Crippen molar-refractivity contribution in [2.24, 2.45) is 0 Å². The molecule has 0 saturated carbocycles. The lowest BCUT2D eigenvalue weighted by Gasteiger charge is -2.08. The first-order valence-corrected chi connectivity index (χ1v) is 12.0. The molecule has 5 rings (SSSR count). The van der Waals surface area contributed by atoms with Gasteiger partial charge in [0.1, 0.15) is 11.5 Å². The molecule has 5 aromatic rings. The number of carbonyl (C=O) groups is 1. The van der Waals surface area contributed by atoms with Crippen LogP contribution in [0.25, 0.3) is 22.4 Å². The molecule has 0 fully saturated rings. The standard InChI is InChI=1S/C22H15ClN6O5S/c23-14-6-9-18(17(10-14)21-25-28-29-26-21)24-22(30)20-16-8-7-15(11-19(16)33-27-20)34-35(31,32)12-13-4-2-1-3-5-13/h1-11H,12H2,(H,24,30)(H,25,26,28,29).